The van der Waals surface area contributed by atoms with E-state index in [0.717, 1.165) is 12.1 Å². The Labute approximate surface area is 362 Å². The van der Waals surface area contributed by atoms with Crippen LogP contribution in [0.25, 0.3) is 21.5 Å². The monoisotopic (exact) mass is 994 g/mol. The van der Waals surface area contributed by atoms with Gasteiger partial charge in [0.15, 0.2) is 5.71 Å². The van der Waals surface area contributed by atoms with Crippen LogP contribution in [0.4, 0.5) is 11.4 Å². The second kappa shape index (κ2) is 15.7. The van der Waals surface area contributed by atoms with Crippen molar-refractivity contribution in [2.24, 2.45) is 5.84 Å². The van der Waals surface area contributed by atoms with Crippen LogP contribution in [-0.2, 0) is 71.5 Å². The Morgan fingerprint density at radius 2 is 1.10 bits per heavy atom. The largest absolute Gasteiger partial charge is 0.295 e. The Kier molecular flexibility index (Phi) is 12.0. The van der Waals surface area contributed by atoms with Crippen molar-refractivity contribution < 1.29 is 82.4 Å². The third kappa shape index (κ3) is 9.33. The molecule has 1 atom stereocenters. The predicted octanol–water partition coefficient (Wildman–Crippen LogP) is 3.39. The summed E-state index contributed by atoms with van der Waals surface area (Å²) in [5.41, 5.74) is -1.31. The molecular weight excluding hydrogens is 955 g/mol. The molecule has 2 aliphatic rings. The van der Waals surface area contributed by atoms with Gasteiger partial charge in [0.25, 0.3) is 60.7 Å². The Bertz CT molecular complexity index is 3450. The van der Waals surface area contributed by atoms with Crippen LogP contribution in [-0.4, -0.2) is 106 Å². The van der Waals surface area contributed by atoms with Crippen molar-refractivity contribution in [1.29, 1.82) is 0 Å². The summed E-state index contributed by atoms with van der Waals surface area (Å²) in [6.45, 7) is 4.67. The zero-order chi connectivity index (χ0) is 47.3. The van der Waals surface area contributed by atoms with Crippen LogP contribution >= 0.6 is 0 Å². The van der Waals surface area contributed by atoms with Crippen LogP contribution in [0.1, 0.15) is 51.2 Å². The molecule has 4 aromatic rings. The molecule has 2 heterocycles. The first-order valence-corrected chi connectivity index (χ1v) is 27.2. The van der Waals surface area contributed by atoms with E-state index in [4.69, 9.17) is 5.84 Å². The van der Waals surface area contributed by atoms with E-state index >= 15 is 0 Å². The highest BCUT2D eigenvalue weighted by Crippen LogP contribution is 2.51. The van der Waals surface area contributed by atoms with Gasteiger partial charge in [0, 0.05) is 46.0 Å². The minimum absolute atomic E-state index is 0.0134. The number of nitrogens with zero attached hydrogens (tertiary/aromatic N) is 2. The van der Waals surface area contributed by atoms with E-state index in [1.807, 2.05) is 0 Å². The second-order valence-corrected chi connectivity index (χ2v) is 24.4. The van der Waals surface area contributed by atoms with Crippen molar-refractivity contribution in [2.75, 3.05) is 23.1 Å². The van der Waals surface area contributed by atoms with Gasteiger partial charge in [-0.15, -0.1) is 0 Å². The number of rotatable bonds is 14. The minimum atomic E-state index is -5.18. The van der Waals surface area contributed by atoms with Gasteiger partial charge in [0.05, 0.1) is 32.4 Å². The smallest absolute Gasteiger partial charge is 0.286 e. The molecule has 0 bridgehead atoms. The fourth-order valence-electron chi connectivity index (χ4n) is 8.53. The molecule has 0 saturated heterocycles. The molecule has 0 spiro atoms. The van der Waals surface area contributed by atoms with Gasteiger partial charge in [-0.3, -0.25) is 32.3 Å². The van der Waals surface area contributed by atoms with E-state index < -0.39 is 103 Å². The molecule has 27 heteroatoms. The van der Waals surface area contributed by atoms with Gasteiger partial charge in [-0.05, 0) is 78.6 Å². The van der Waals surface area contributed by atoms with Crippen molar-refractivity contribution in [3.05, 3.63) is 83.6 Å². The number of anilines is 1. The van der Waals surface area contributed by atoms with Gasteiger partial charge in [0.2, 0.25) is 5.69 Å². The second-order valence-electron chi connectivity index (χ2n) is 15.7. The molecule has 0 aliphatic carbocycles. The maximum atomic E-state index is 12.6. The number of allylic oxidation sites excluding steroid dienone is 4. The van der Waals surface area contributed by atoms with Crippen LogP contribution in [0.5, 0.6) is 0 Å². The zero-order valence-corrected chi connectivity index (χ0v) is 38.0. The molecule has 0 saturated carbocycles. The molecule has 6 rings (SSSR count). The molecule has 21 nitrogen and oxygen atoms in total. The van der Waals surface area contributed by atoms with Crippen LogP contribution < -0.4 is 10.9 Å². The summed E-state index contributed by atoms with van der Waals surface area (Å²) in [4.78, 5) is -3.50. The number of fused-ring (bicyclic) bond motifs is 6. The predicted molar refractivity (Wildman–Crippen MR) is 228 cm³/mol. The number of nitrogens with two attached hydrogens (primary N) is 1. The third-order valence-corrected chi connectivity index (χ3v) is 16.2. The number of benzene rings is 4. The Morgan fingerprint density at radius 3 is 1.57 bits per heavy atom. The average Bonchev–Trinajstić information content (AvgIpc) is 3.46. The van der Waals surface area contributed by atoms with Gasteiger partial charge >= 0.3 is 0 Å². The van der Waals surface area contributed by atoms with Gasteiger partial charge in [-0.1, -0.05) is 26.0 Å². The lowest BCUT2D eigenvalue weighted by atomic mass is 9.74. The van der Waals surface area contributed by atoms with Gasteiger partial charge in [0.1, 0.15) is 16.3 Å². The lowest BCUT2D eigenvalue weighted by Crippen LogP contribution is -2.33. The highest BCUT2D eigenvalue weighted by molar-refractivity contribution is 7.87. The van der Waals surface area contributed by atoms with E-state index in [2.05, 4.69) is 0 Å². The third-order valence-electron chi connectivity index (χ3n) is 11.1. The number of hydrazine groups is 1. The summed E-state index contributed by atoms with van der Waals surface area (Å²) in [6, 6.07) is 8.42. The first kappa shape index (κ1) is 48.2. The van der Waals surface area contributed by atoms with E-state index in [9.17, 15) is 77.8 Å². The SMILES string of the molecule is CC1(CCCS(=O)(=O)O)C(/C=C/C=C2/N(N)c3ccc4c(S(=O)(=O)O)cc(S(=O)(=O)O)cc4c3C2(C)C)=[N+](CCCS(=O)(=O)O)c2ccc3c(S(=O)(=O)O)cc(S(=O)(=O)O)cc3c21. The Balaban J connectivity index is 1.61. The molecular formula is C36H40N3O18S6+. The summed E-state index contributed by atoms with van der Waals surface area (Å²) in [5.74, 6) is 5.08. The quantitative estimate of drug-likeness (QED) is 0.0541. The van der Waals surface area contributed by atoms with Crippen LogP contribution in [0.15, 0.2) is 92.0 Å². The molecule has 0 aromatic heterocycles. The zero-order valence-electron chi connectivity index (χ0n) is 33.1. The molecule has 2 aliphatic heterocycles. The lowest BCUT2D eigenvalue weighted by Gasteiger charge is -2.25. The molecule has 0 radical (unpaired) electrons. The molecule has 8 N–H and O–H groups in total. The van der Waals surface area contributed by atoms with Crippen molar-refractivity contribution in [1.82, 2.24) is 0 Å². The molecule has 0 fully saturated rings. The van der Waals surface area contributed by atoms with Gasteiger partial charge in [-0.25, -0.2) is 5.84 Å². The first-order chi connectivity index (χ1) is 28.6. The normalized spacial score (nSPS) is 19.2. The molecule has 0 amide bonds. The van der Waals surface area contributed by atoms with Crippen LogP contribution in [0.2, 0.25) is 0 Å². The Morgan fingerprint density at radius 1 is 0.619 bits per heavy atom. The van der Waals surface area contributed by atoms with E-state index in [-0.39, 0.29) is 81.3 Å². The fraction of sp³-hybridized carbons (Fsp3) is 0.306. The summed E-state index contributed by atoms with van der Waals surface area (Å²) < 4.78 is 208. The number of hydrogen-bond acceptors (Lipinski definition) is 14. The molecule has 63 heavy (non-hydrogen) atoms. The summed E-state index contributed by atoms with van der Waals surface area (Å²) >= 11 is 0. The van der Waals surface area contributed by atoms with E-state index in [1.165, 1.54) is 47.5 Å². The highest BCUT2D eigenvalue weighted by atomic mass is 32.2. The standard InChI is InChI=1S/C36H39N3O18S6/c1-35(2)31(39(37)28-12-10-23-25(33(28)35)17-21(60(46,47)48)19-29(23)62(52,53)54)7-4-8-32-36(3,13-5-15-58(40,41)42)34-26-18-22(61(49,50)51)20-30(63(55,56)57)24(26)9-11-27(34)38(32)14-6-16-59(43,44)45/h4,7-12,17-20H,5-6,13-16,37H2,1-3H3,(H5-,40,41,42,43,44,45,46,47,48,49,50,51,52,53,54,55,56,57)/p+1. The maximum Gasteiger partial charge on any atom is 0.295 e. The highest BCUT2D eigenvalue weighted by Gasteiger charge is 2.49. The molecule has 1 unspecified atom stereocenters. The van der Waals surface area contributed by atoms with Gasteiger partial charge in [-0.2, -0.15) is 55.1 Å². The first-order valence-electron chi connectivity index (χ1n) is 18.2. The minimum Gasteiger partial charge on any atom is -0.286 e. The topological polar surface area (TPSA) is 358 Å². The molecule has 342 valence electrons. The van der Waals surface area contributed by atoms with Crippen molar-refractivity contribution in [3.63, 3.8) is 0 Å². The van der Waals surface area contributed by atoms with E-state index in [0.29, 0.717) is 12.1 Å². The summed E-state index contributed by atoms with van der Waals surface area (Å²) in [7, 11) is -29.5. The fourth-order valence-corrected chi connectivity index (χ4v) is 12.2. The van der Waals surface area contributed by atoms with Crippen molar-refractivity contribution in [3.8, 4) is 0 Å². The van der Waals surface area contributed by atoms with Crippen LogP contribution in [0, 0.1) is 0 Å². The lowest BCUT2D eigenvalue weighted by molar-refractivity contribution is -0.437. The van der Waals surface area contributed by atoms with Gasteiger partial charge < -0.3 is 0 Å². The van der Waals surface area contributed by atoms with Crippen molar-refractivity contribution in [2.45, 2.75) is 70.4 Å². The Hall–Kier alpha value is -4.23. The maximum absolute atomic E-state index is 12.6. The van der Waals surface area contributed by atoms with E-state index in [1.54, 1.807) is 25.3 Å². The number of hydrogen-bond donors (Lipinski definition) is 7. The molecule has 4 aromatic carbocycles. The van der Waals surface area contributed by atoms with Crippen LogP contribution in [0.3, 0.4) is 0 Å². The average molecular weight is 995 g/mol. The summed E-state index contributed by atoms with van der Waals surface area (Å²) in [6.07, 6.45) is 3.77. The summed E-state index contributed by atoms with van der Waals surface area (Å²) in [5, 5.41) is 0.716. The van der Waals surface area contributed by atoms with Crippen molar-refractivity contribution >= 4 is 99.3 Å².